The Balaban J connectivity index is 1.63. The van der Waals surface area contributed by atoms with Crippen LogP contribution in [0.3, 0.4) is 0 Å². The number of nitrogens with one attached hydrogen (secondary N) is 1. The van der Waals surface area contributed by atoms with E-state index in [1.54, 1.807) is 0 Å². The summed E-state index contributed by atoms with van der Waals surface area (Å²) in [6.07, 6.45) is 10.00. The summed E-state index contributed by atoms with van der Waals surface area (Å²) in [6.45, 7) is 0. The highest BCUT2D eigenvalue weighted by Gasteiger charge is 2.45. The normalized spacial score (nSPS) is 38.5. The largest absolute Gasteiger partial charge is 0.350 e. The summed E-state index contributed by atoms with van der Waals surface area (Å²) in [4.78, 5) is 12.4. The van der Waals surface area contributed by atoms with Gasteiger partial charge in [0, 0.05) is 16.8 Å². The van der Waals surface area contributed by atoms with E-state index in [-0.39, 0.29) is 5.54 Å². The summed E-state index contributed by atoms with van der Waals surface area (Å²) < 4.78 is 0. The predicted molar refractivity (Wildman–Crippen MR) is 72.1 cm³/mol. The summed E-state index contributed by atoms with van der Waals surface area (Å²) in [6, 6.07) is 0. The monoisotopic (exact) mass is 299 g/mol. The molecule has 2 bridgehead atoms. The van der Waals surface area contributed by atoms with Crippen LogP contribution in [-0.4, -0.2) is 16.8 Å². The van der Waals surface area contributed by atoms with Crippen molar-refractivity contribution in [3.63, 3.8) is 0 Å². The van der Waals surface area contributed by atoms with E-state index in [1.807, 2.05) is 0 Å². The van der Waals surface area contributed by atoms with Gasteiger partial charge >= 0.3 is 0 Å². The third-order valence-electron chi connectivity index (χ3n) is 5.28. The molecule has 17 heavy (non-hydrogen) atoms. The molecule has 0 aromatic rings. The molecule has 0 spiro atoms. The molecule has 0 aliphatic heterocycles. The molecule has 3 heteroatoms. The molecule has 0 aromatic heterocycles. The lowest BCUT2D eigenvalue weighted by atomic mass is 9.87. The minimum atomic E-state index is 0.0823. The second-order valence-electron chi connectivity index (χ2n) is 6.39. The van der Waals surface area contributed by atoms with Crippen LogP contribution in [0.5, 0.6) is 0 Å². The fourth-order valence-electron chi connectivity index (χ4n) is 4.26. The number of carbonyl (C=O) groups excluding carboxylic acids is 1. The lowest BCUT2D eigenvalue weighted by Gasteiger charge is -2.31. The Hall–Kier alpha value is -0.0500. The van der Waals surface area contributed by atoms with Crippen LogP contribution in [0.2, 0.25) is 0 Å². The van der Waals surface area contributed by atoms with Crippen molar-refractivity contribution in [2.45, 2.75) is 56.9 Å². The predicted octanol–water partition coefficient (Wildman–Crippen LogP) is 3.25. The molecule has 3 fully saturated rings. The van der Waals surface area contributed by atoms with Crippen LogP contribution in [0.4, 0.5) is 0 Å². The Morgan fingerprint density at radius 3 is 2.53 bits per heavy atom. The standard InChI is InChI=1S/C14H22BrNO/c15-9-14(5-1-2-6-14)16-13(17)12-8-10-3-4-11(12)7-10/h10-12H,1-9H2,(H,16,17). The molecule has 3 atom stereocenters. The van der Waals surface area contributed by atoms with E-state index in [0.29, 0.717) is 17.7 Å². The van der Waals surface area contributed by atoms with Gasteiger partial charge in [-0.1, -0.05) is 35.2 Å². The summed E-state index contributed by atoms with van der Waals surface area (Å²) in [5.41, 5.74) is 0.0823. The highest BCUT2D eigenvalue weighted by Crippen LogP contribution is 2.48. The van der Waals surface area contributed by atoms with E-state index in [4.69, 9.17) is 0 Å². The van der Waals surface area contributed by atoms with E-state index in [9.17, 15) is 4.79 Å². The molecule has 3 aliphatic rings. The summed E-state index contributed by atoms with van der Waals surface area (Å²) in [5, 5.41) is 4.31. The van der Waals surface area contributed by atoms with Crippen molar-refractivity contribution in [3.8, 4) is 0 Å². The zero-order valence-electron chi connectivity index (χ0n) is 10.4. The molecule has 1 amide bonds. The maximum Gasteiger partial charge on any atom is 0.223 e. The van der Waals surface area contributed by atoms with Gasteiger partial charge in [-0.2, -0.15) is 0 Å². The molecule has 0 saturated heterocycles. The highest BCUT2D eigenvalue weighted by molar-refractivity contribution is 9.09. The first-order chi connectivity index (χ1) is 8.22. The van der Waals surface area contributed by atoms with Crippen LogP contribution in [0.25, 0.3) is 0 Å². The summed E-state index contributed by atoms with van der Waals surface area (Å²) >= 11 is 3.60. The molecule has 0 aromatic carbocycles. The van der Waals surface area contributed by atoms with Crippen LogP contribution >= 0.6 is 15.9 Å². The van der Waals surface area contributed by atoms with Gasteiger partial charge in [0.25, 0.3) is 0 Å². The van der Waals surface area contributed by atoms with Gasteiger partial charge in [0.2, 0.25) is 5.91 Å². The lowest BCUT2D eigenvalue weighted by Crippen LogP contribution is -2.50. The minimum absolute atomic E-state index is 0.0823. The van der Waals surface area contributed by atoms with Crippen LogP contribution in [0, 0.1) is 17.8 Å². The molecule has 3 aliphatic carbocycles. The van der Waals surface area contributed by atoms with Crippen molar-refractivity contribution in [2.24, 2.45) is 17.8 Å². The Morgan fingerprint density at radius 1 is 1.24 bits per heavy atom. The van der Waals surface area contributed by atoms with Gasteiger partial charge in [0.1, 0.15) is 0 Å². The van der Waals surface area contributed by atoms with E-state index in [1.165, 1.54) is 32.1 Å². The average Bonchev–Trinajstić information content (AvgIpc) is 3.04. The first-order valence-corrected chi connectivity index (χ1v) is 8.23. The Bertz CT molecular complexity index is 311. The first kappa shape index (κ1) is 12.0. The second kappa shape index (κ2) is 4.56. The zero-order valence-corrected chi connectivity index (χ0v) is 12.0. The molecule has 3 rings (SSSR count). The van der Waals surface area contributed by atoms with E-state index in [0.717, 1.165) is 30.5 Å². The van der Waals surface area contributed by atoms with Gasteiger partial charge in [0.15, 0.2) is 0 Å². The molecule has 0 radical (unpaired) electrons. The topological polar surface area (TPSA) is 29.1 Å². The zero-order chi connectivity index (χ0) is 11.9. The van der Waals surface area contributed by atoms with Crippen LogP contribution < -0.4 is 5.32 Å². The van der Waals surface area contributed by atoms with Gasteiger partial charge in [-0.25, -0.2) is 0 Å². The highest BCUT2D eigenvalue weighted by atomic mass is 79.9. The number of halogens is 1. The van der Waals surface area contributed by atoms with Gasteiger partial charge in [-0.15, -0.1) is 0 Å². The summed E-state index contributed by atoms with van der Waals surface area (Å²) in [5.74, 6) is 2.26. The maximum absolute atomic E-state index is 12.4. The average molecular weight is 300 g/mol. The number of rotatable bonds is 3. The van der Waals surface area contributed by atoms with Crippen molar-refractivity contribution < 1.29 is 4.79 Å². The lowest BCUT2D eigenvalue weighted by molar-refractivity contribution is -0.128. The number of carbonyl (C=O) groups is 1. The molecule has 0 heterocycles. The molecule has 3 unspecified atom stereocenters. The Kier molecular flexibility index (Phi) is 3.22. The number of alkyl halides is 1. The number of fused-ring (bicyclic) bond motifs is 2. The number of hydrogen-bond donors (Lipinski definition) is 1. The van der Waals surface area contributed by atoms with Gasteiger partial charge < -0.3 is 5.32 Å². The van der Waals surface area contributed by atoms with Crippen LogP contribution in [0.15, 0.2) is 0 Å². The molecular formula is C14H22BrNO. The Morgan fingerprint density at radius 2 is 2.00 bits per heavy atom. The van der Waals surface area contributed by atoms with Crippen molar-refractivity contribution in [2.75, 3.05) is 5.33 Å². The van der Waals surface area contributed by atoms with Crippen LogP contribution in [-0.2, 0) is 4.79 Å². The third kappa shape index (κ3) is 2.16. The molecule has 2 nitrogen and oxygen atoms in total. The Labute approximate surface area is 112 Å². The van der Waals surface area contributed by atoms with Crippen LogP contribution in [0.1, 0.15) is 51.4 Å². The smallest absolute Gasteiger partial charge is 0.223 e. The van der Waals surface area contributed by atoms with Gasteiger partial charge in [0.05, 0.1) is 0 Å². The quantitative estimate of drug-likeness (QED) is 0.797. The van der Waals surface area contributed by atoms with Crippen molar-refractivity contribution in [1.82, 2.24) is 5.32 Å². The number of amides is 1. The van der Waals surface area contributed by atoms with Crippen molar-refractivity contribution >= 4 is 21.8 Å². The van der Waals surface area contributed by atoms with Gasteiger partial charge in [-0.3, -0.25) is 4.79 Å². The van der Waals surface area contributed by atoms with E-state index in [2.05, 4.69) is 21.2 Å². The van der Waals surface area contributed by atoms with Crippen molar-refractivity contribution in [1.29, 1.82) is 0 Å². The molecular weight excluding hydrogens is 278 g/mol. The molecule has 1 N–H and O–H groups in total. The fourth-order valence-corrected chi connectivity index (χ4v) is 4.96. The van der Waals surface area contributed by atoms with Gasteiger partial charge in [-0.05, 0) is 43.9 Å². The maximum atomic E-state index is 12.4. The second-order valence-corrected chi connectivity index (χ2v) is 6.95. The van der Waals surface area contributed by atoms with E-state index >= 15 is 0 Å². The third-order valence-corrected chi connectivity index (χ3v) is 6.35. The van der Waals surface area contributed by atoms with Crippen molar-refractivity contribution in [3.05, 3.63) is 0 Å². The first-order valence-electron chi connectivity index (χ1n) is 7.10. The molecule has 3 saturated carbocycles. The molecule has 96 valence electrons. The fraction of sp³-hybridized carbons (Fsp3) is 0.929. The SMILES string of the molecule is O=C(NC1(CBr)CCCC1)C1CC2CCC1C2. The number of hydrogen-bond acceptors (Lipinski definition) is 1. The summed E-state index contributed by atoms with van der Waals surface area (Å²) in [7, 11) is 0. The van der Waals surface area contributed by atoms with E-state index < -0.39 is 0 Å². The minimum Gasteiger partial charge on any atom is -0.350 e.